The summed E-state index contributed by atoms with van der Waals surface area (Å²) in [5, 5.41) is 2.02. The Bertz CT molecular complexity index is 701. The van der Waals surface area contributed by atoms with Gasteiger partial charge in [0.2, 0.25) is 0 Å². The lowest BCUT2D eigenvalue weighted by atomic mass is 10.0. The summed E-state index contributed by atoms with van der Waals surface area (Å²) >= 11 is 0. The quantitative estimate of drug-likeness (QED) is 0.812. The third-order valence-corrected chi connectivity index (χ3v) is 4.02. The van der Waals surface area contributed by atoms with Crippen LogP contribution in [0.5, 0.6) is 0 Å². The molecule has 114 valence electrons. The van der Waals surface area contributed by atoms with Crippen LogP contribution in [0.15, 0.2) is 42.5 Å². The largest absolute Gasteiger partial charge is 0.453 e. The molecule has 1 fully saturated rings. The highest BCUT2D eigenvalue weighted by Gasteiger charge is 2.25. The molecule has 1 heterocycles. The van der Waals surface area contributed by atoms with Crippen molar-refractivity contribution in [2.24, 2.45) is 0 Å². The topological polar surface area (TPSA) is 49.9 Å². The van der Waals surface area contributed by atoms with E-state index in [2.05, 4.69) is 0 Å². The van der Waals surface area contributed by atoms with Gasteiger partial charge < -0.3 is 14.5 Å². The Labute approximate surface area is 129 Å². The first-order chi connectivity index (χ1) is 10.7. The molecule has 2 aromatic carbocycles. The molecule has 1 aliphatic rings. The van der Waals surface area contributed by atoms with Crippen LogP contribution in [0.4, 0.5) is 4.79 Å². The van der Waals surface area contributed by atoms with Crippen molar-refractivity contribution in [1.82, 2.24) is 9.80 Å². The number of hydrogen-bond acceptors (Lipinski definition) is 3. The minimum atomic E-state index is -0.336. The Morgan fingerprint density at radius 1 is 0.909 bits per heavy atom. The van der Waals surface area contributed by atoms with Crippen molar-refractivity contribution in [2.45, 2.75) is 0 Å². The monoisotopic (exact) mass is 298 g/mol. The zero-order valence-electron chi connectivity index (χ0n) is 12.5. The fourth-order valence-electron chi connectivity index (χ4n) is 2.80. The van der Waals surface area contributed by atoms with Crippen molar-refractivity contribution in [3.63, 3.8) is 0 Å². The van der Waals surface area contributed by atoms with Crippen LogP contribution in [0.25, 0.3) is 10.8 Å². The lowest BCUT2D eigenvalue weighted by Crippen LogP contribution is -2.50. The van der Waals surface area contributed by atoms with E-state index in [0.717, 1.165) is 10.8 Å². The highest BCUT2D eigenvalue weighted by molar-refractivity contribution is 6.07. The molecule has 0 radical (unpaired) electrons. The van der Waals surface area contributed by atoms with Gasteiger partial charge in [-0.2, -0.15) is 0 Å². The van der Waals surface area contributed by atoms with Gasteiger partial charge in [-0.3, -0.25) is 4.79 Å². The lowest BCUT2D eigenvalue weighted by Gasteiger charge is -2.34. The maximum absolute atomic E-state index is 12.8. The van der Waals surface area contributed by atoms with Gasteiger partial charge >= 0.3 is 6.09 Å². The molecule has 0 bridgehead atoms. The Hall–Kier alpha value is -2.56. The van der Waals surface area contributed by atoms with Crippen LogP contribution in [-0.4, -0.2) is 55.1 Å². The second-order valence-electron chi connectivity index (χ2n) is 5.28. The molecule has 0 aliphatic carbocycles. The fourth-order valence-corrected chi connectivity index (χ4v) is 2.80. The fraction of sp³-hybridized carbons (Fsp3) is 0.294. The molecular weight excluding hydrogens is 280 g/mol. The number of amides is 2. The Kier molecular flexibility index (Phi) is 3.96. The van der Waals surface area contributed by atoms with Gasteiger partial charge in [0, 0.05) is 31.7 Å². The first kappa shape index (κ1) is 14.4. The summed E-state index contributed by atoms with van der Waals surface area (Å²) in [6.45, 7) is 2.06. The van der Waals surface area contributed by atoms with Gasteiger partial charge in [0.25, 0.3) is 5.91 Å². The summed E-state index contributed by atoms with van der Waals surface area (Å²) in [7, 11) is 1.37. The number of rotatable bonds is 1. The van der Waals surface area contributed by atoms with E-state index in [-0.39, 0.29) is 12.0 Å². The molecule has 0 spiro atoms. The molecule has 0 unspecified atom stereocenters. The van der Waals surface area contributed by atoms with Gasteiger partial charge in [0.15, 0.2) is 0 Å². The van der Waals surface area contributed by atoms with E-state index in [1.165, 1.54) is 7.11 Å². The minimum absolute atomic E-state index is 0.0151. The molecule has 0 atom stereocenters. The molecule has 1 aliphatic heterocycles. The van der Waals surface area contributed by atoms with Crippen LogP contribution >= 0.6 is 0 Å². The van der Waals surface area contributed by atoms with E-state index >= 15 is 0 Å². The third kappa shape index (κ3) is 2.62. The van der Waals surface area contributed by atoms with Crippen LogP contribution in [0.3, 0.4) is 0 Å². The first-order valence-electron chi connectivity index (χ1n) is 7.30. The Morgan fingerprint density at radius 2 is 1.55 bits per heavy atom. The van der Waals surface area contributed by atoms with E-state index < -0.39 is 0 Å². The van der Waals surface area contributed by atoms with Crippen LogP contribution in [0.1, 0.15) is 10.4 Å². The minimum Gasteiger partial charge on any atom is -0.453 e. The van der Waals surface area contributed by atoms with E-state index in [1.54, 1.807) is 9.80 Å². The highest BCUT2D eigenvalue weighted by Crippen LogP contribution is 2.20. The van der Waals surface area contributed by atoms with E-state index in [1.807, 2.05) is 42.5 Å². The molecule has 5 nitrogen and oxygen atoms in total. The van der Waals surface area contributed by atoms with Crippen molar-refractivity contribution < 1.29 is 14.3 Å². The molecule has 5 heteroatoms. The van der Waals surface area contributed by atoms with E-state index in [9.17, 15) is 9.59 Å². The van der Waals surface area contributed by atoms with Crippen LogP contribution in [-0.2, 0) is 4.74 Å². The first-order valence-corrected chi connectivity index (χ1v) is 7.30. The van der Waals surface area contributed by atoms with Gasteiger partial charge in [-0.1, -0.05) is 36.4 Å². The number of piperazine rings is 1. The van der Waals surface area contributed by atoms with Crippen molar-refractivity contribution in [1.29, 1.82) is 0 Å². The molecule has 2 amide bonds. The summed E-state index contributed by atoms with van der Waals surface area (Å²) in [6.07, 6.45) is -0.336. The second-order valence-corrected chi connectivity index (χ2v) is 5.28. The van der Waals surface area contributed by atoms with Gasteiger partial charge in [-0.25, -0.2) is 4.79 Å². The summed E-state index contributed by atoms with van der Waals surface area (Å²) in [4.78, 5) is 27.7. The summed E-state index contributed by atoms with van der Waals surface area (Å²) < 4.78 is 4.71. The van der Waals surface area contributed by atoms with Crippen LogP contribution in [0, 0.1) is 0 Å². The van der Waals surface area contributed by atoms with Gasteiger partial charge in [-0.15, -0.1) is 0 Å². The number of fused-ring (bicyclic) bond motifs is 1. The summed E-state index contributed by atoms with van der Waals surface area (Å²) in [5.74, 6) is 0.0151. The maximum atomic E-state index is 12.8. The zero-order chi connectivity index (χ0) is 15.5. The average molecular weight is 298 g/mol. The molecule has 22 heavy (non-hydrogen) atoms. The summed E-state index contributed by atoms with van der Waals surface area (Å²) in [5.41, 5.74) is 0.713. The molecule has 2 aromatic rings. The number of hydrogen-bond donors (Lipinski definition) is 0. The van der Waals surface area contributed by atoms with Crippen molar-refractivity contribution in [3.8, 4) is 0 Å². The number of methoxy groups -OCH3 is 1. The zero-order valence-corrected chi connectivity index (χ0v) is 12.5. The normalized spacial score (nSPS) is 15.0. The molecule has 0 aromatic heterocycles. The Balaban J connectivity index is 1.78. The van der Waals surface area contributed by atoms with Crippen LogP contribution in [0.2, 0.25) is 0 Å². The van der Waals surface area contributed by atoms with Gasteiger partial charge in [0.05, 0.1) is 7.11 Å². The number of nitrogens with zero attached hydrogens (tertiary/aromatic N) is 2. The predicted octanol–water partition coefficient (Wildman–Crippen LogP) is 2.36. The highest BCUT2D eigenvalue weighted by atomic mass is 16.5. The smallest absolute Gasteiger partial charge is 0.409 e. The molecule has 0 N–H and O–H groups in total. The van der Waals surface area contributed by atoms with Crippen molar-refractivity contribution in [2.75, 3.05) is 33.3 Å². The Morgan fingerprint density at radius 3 is 2.27 bits per heavy atom. The SMILES string of the molecule is COC(=O)N1CCN(C(=O)c2cccc3ccccc23)CC1. The van der Waals surface area contributed by atoms with E-state index in [0.29, 0.717) is 31.7 Å². The summed E-state index contributed by atoms with van der Waals surface area (Å²) in [6, 6.07) is 13.6. The van der Waals surface area contributed by atoms with Crippen molar-refractivity contribution in [3.05, 3.63) is 48.0 Å². The molecule has 3 rings (SSSR count). The number of carbonyl (C=O) groups is 2. The number of benzene rings is 2. The lowest BCUT2D eigenvalue weighted by molar-refractivity contribution is 0.0601. The van der Waals surface area contributed by atoms with E-state index in [4.69, 9.17) is 4.74 Å². The molecule has 0 saturated carbocycles. The average Bonchev–Trinajstić information content (AvgIpc) is 2.60. The van der Waals surface area contributed by atoms with Crippen LogP contribution < -0.4 is 0 Å². The second kappa shape index (κ2) is 6.05. The van der Waals surface area contributed by atoms with Crippen molar-refractivity contribution >= 4 is 22.8 Å². The van der Waals surface area contributed by atoms with Gasteiger partial charge in [0.1, 0.15) is 0 Å². The number of carbonyl (C=O) groups excluding carboxylic acids is 2. The predicted molar refractivity (Wildman–Crippen MR) is 83.8 cm³/mol. The maximum Gasteiger partial charge on any atom is 0.409 e. The molecular formula is C17H18N2O3. The molecule has 1 saturated heterocycles. The van der Waals surface area contributed by atoms with Gasteiger partial charge in [-0.05, 0) is 16.8 Å². The standard InChI is InChI=1S/C17H18N2O3/c1-22-17(21)19-11-9-18(10-12-19)16(20)15-8-4-6-13-5-2-3-7-14(13)15/h2-8H,9-12H2,1H3. The third-order valence-electron chi connectivity index (χ3n) is 4.02. The number of ether oxygens (including phenoxy) is 1.